The van der Waals surface area contributed by atoms with E-state index in [9.17, 15) is 5.11 Å². The Morgan fingerprint density at radius 3 is 2.43 bits per heavy atom. The van der Waals surface area contributed by atoms with Crippen molar-refractivity contribution in [2.24, 2.45) is 4.99 Å². The Balaban J connectivity index is 1.94. The number of aliphatic imine (C=N–C) groups is 1. The van der Waals surface area contributed by atoms with Crippen LogP contribution in [-0.2, 0) is 5.60 Å². The van der Waals surface area contributed by atoms with Gasteiger partial charge in [0.05, 0.1) is 11.6 Å². The fraction of sp³-hybridized carbons (Fsp3) is 0.304. The van der Waals surface area contributed by atoms with Gasteiger partial charge in [-0.25, -0.2) is 0 Å². The number of hydrogen-bond acceptors (Lipinski definition) is 7. The van der Waals surface area contributed by atoms with Crippen molar-refractivity contribution in [2.45, 2.75) is 39.3 Å². The van der Waals surface area contributed by atoms with Gasteiger partial charge in [-0.2, -0.15) is 0 Å². The van der Waals surface area contributed by atoms with Crippen molar-refractivity contribution in [3.8, 4) is 10.6 Å². The van der Waals surface area contributed by atoms with E-state index in [1.165, 1.54) is 17.6 Å². The number of aromatic nitrogens is 2. The molecule has 1 aromatic heterocycles. The first-order valence-corrected chi connectivity index (χ1v) is 10.5. The molecule has 0 aliphatic carbocycles. The molecule has 0 saturated heterocycles. The van der Waals surface area contributed by atoms with Crippen LogP contribution in [-0.4, -0.2) is 34.3 Å². The molecule has 0 fully saturated rings. The quantitative estimate of drug-likeness (QED) is 0.469. The summed E-state index contributed by atoms with van der Waals surface area (Å²) in [6.07, 6.45) is 1.34. The number of aliphatic hydroxyl groups is 1. The molecule has 3 N–H and O–H groups in total. The number of nitrogens with zero attached hydrogens (tertiary/aromatic N) is 3. The normalized spacial score (nSPS) is 13.2. The third-order valence-corrected chi connectivity index (χ3v) is 5.89. The van der Waals surface area contributed by atoms with Gasteiger partial charge in [0.2, 0.25) is 0 Å². The minimum absolute atomic E-state index is 0.154. The molecule has 0 aliphatic rings. The Labute approximate surface area is 181 Å². The molecule has 0 amide bonds. The van der Waals surface area contributed by atoms with Gasteiger partial charge in [0.15, 0.2) is 0 Å². The lowest BCUT2D eigenvalue weighted by molar-refractivity contribution is 0.0786. The van der Waals surface area contributed by atoms with Crippen LogP contribution in [0.1, 0.15) is 48.5 Å². The smallest absolute Gasteiger partial charge is 0.147 e. The molecule has 0 aliphatic heterocycles. The van der Waals surface area contributed by atoms with E-state index in [0.717, 1.165) is 43.7 Å². The SMILES string of the molecule is CN=C(C)C(Nc1ccc(-c2nnc(C)s2)cc1C=N)c1ccc(C(C)(C)O)cc1. The lowest BCUT2D eigenvalue weighted by Crippen LogP contribution is -2.20. The van der Waals surface area contributed by atoms with Crippen LogP contribution in [0.5, 0.6) is 0 Å². The van der Waals surface area contributed by atoms with Crippen LogP contribution in [0.15, 0.2) is 47.5 Å². The third-order valence-electron chi connectivity index (χ3n) is 5.00. The molecule has 3 rings (SSSR count). The number of nitrogens with one attached hydrogen (secondary N) is 2. The summed E-state index contributed by atoms with van der Waals surface area (Å²) < 4.78 is 0. The summed E-state index contributed by atoms with van der Waals surface area (Å²) in [6.45, 7) is 7.45. The van der Waals surface area contributed by atoms with Crippen LogP contribution in [0.2, 0.25) is 0 Å². The topological polar surface area (TPSA) is 94.3 Å². The molecule has 0 saturated carbocycles. The molecule has 7 heteroatoms. The summed E-state index contributed by atoms with van der Waals surface area (Å²) in [4.78, 5) is 4.39. The molecule has 1 atom stereocenters. The standard InChI is InChI=1S/C23H27N5OS/c1-14(25-5)21(16-6-9-19(10-7-16)23(3,4)29)26-20-11-8-17(12-18(20)13-24)22-28-27-15(2)30-22/h6-13,21,24,26,29H,1-5H3. The molecular formula is C23H27N5OS. The minimum Gasteiger partial charge on any atom is -0.386 e. The van der Waals surface area contributed by atoms with E-state index in [1.54, 1.807) is 20.9 Å². The molecule has 0 spiro atoms. The maximum atomic E-state index is 10.2. The maximum Gasteiger partial charge on any atom is 0.147 e. The van der Waals surface area contributed by atoms with Gasteiger partial charge >= 0.3 is 0 Å². The van der Waals surface area contributed by atoms with Gasteiger partial charge in [-0.05, 0) is 57.0 Å². The van der Waals surface area contributed by atoms with E-state index in [-0.39, 0.29) is 6.04 Å². The van der Waals surface area contributed by atoms with E-state index in [1.807, 2.05) is 56.3 Å². The summed E-state index contributed by atoms with van der Waals surface area (Å²) >= 11 is 1.53. The van der Waals surface area contributed by atoms with Gasteiger partial charge in [-0.1, -0.05) is 35.6 Å². The summed E-state index contributed by atoms with van der Waals surface area (Å²) in [5.41, 5.74) is 4.47. The van der Waals surface area contributed by atoms with Crippen molar-refractivity contribution < 1.29 is 5.11 Å². The van der Waals surface area contributed by atoms with Gasteiger partial charge in [0, 0.05) is 35.8 Å². The van der Waals surface area contributed by atoms with E-state index in [2.05, 4.69) is 20.5 Å². The highest BCUT2D eigenvalue weighted by Crippen LogP contribution is 2.30. The van der Waals surface area contributed by atoms with Gasteiger partial charge < -0.3 is 15.8 Å². The van der Waals surface area contributed by atoms with Crippen molar-refractivity contribution in [1.29, 1.82) is 5.41 Å². The lowest BCUT2D eigenvalue weighted by Gasteiger charge is -2.23. The first-order chi connectivity index (χ1) is 14.2. The van der Waals surface area contributed by atoms with E-state index in [0.29, 0.717) is 0 Å². The van der Waals surface area contributed by atoms with Crippen LogP contribution in [0.4, 0.5) is 5.69 Å². The predicted octanol–water partition coefficient (Wildman–Crippen LogP) is 4.98. The Morgan fingerprint density at radius 2 is 1.90 bits per heavy atom. The number of anilines is 1. The number of aryl methyl sites for hydroxylation is 1. The summed E-state index contributed by atoms with van der Waals surface area (Å²) in [5, 5.41) is 31.7. The van der Waals surface area contributed by atoms with E-state index in [4.69, 9.17) is 5.41 Å². The van der Waals surface area contributed by atoms with Crippen molar-refractivity contribution in [3.05, 3.63) is 64.2 Å². The Kier molecular flexibility index (Phi) is 6.43. The molecule has 2 aromatic carbocycles. The average Bonchev–Trinajstić information content (AvgIpc) is 3.17. The summed E-state index contributed by atoms with van der Waals surface area (Å²) in [7, 11) is 1.77. The Hall–Kier alpha value is -2.90. The maximum absolute atomic E-state index is 10.2. The van der Waals surface area contributed by atoms with Crippen LogP contribution >= 0.6 is 11.3 Å². The molecular weight excluding hydrogens is 394 g/mol. The lowest BCUT2D eigenvalue weighted by atomic mass is 9.94. The predicted molar refractivity (Wildman–Crippen MR) is 125 cm³/mol. The van der Waals surface area contributed by atoms with Crippen LogP contribution in [0.3, 0.4) is 0 Å². The molecule has 156 valence electrons. The molecule has 0 radical (unpaired) electrons. The van der Waals surface area contributed by atoms with Crippen molar-refractivity contribution in [1.82, 2.24) is 10.2 Å². The molecule has 3 aromatic rings. The van der Waals surface area contributed by atoms with E-state index < -0.39 is 5.60 Å². The summed E-state index contributed by atoms with van der Waals surface area (Å²) in [6, 6.07) is 13.6. The number of benzene rings is 2. The fourth-order valence-corrected chi connectivity index (χ4v) is 3.84. The van der Waals surface area contributed by atoms with Crippen LogP contribution < -0.4 is 5.32 Å². The number of rotatable bonds is 7. The van der Waals surface area contributed by atoms with Crippen LogP contribution in [0, 0.1) is 12.3 Å². The monoisotopic (exact) mass is 421 g/mol. The van der Waals surface area contributed by atoms with Crippen molar-refractivity contribution in [3.63, 3.8) is 0 Å². The zero-order valence-corrected chi connectivity index (χ0v) is 18.7. The first kappa shape index (κ1) is 21.8. The minimum atomic E-state index is -0.887. The second-order valence-electron chi connectivity index (χ2n) is 7.70. The Bertz CT molecular complexity index is 1060. The third kappa shape index (κ3) is 4.80. The zero-order valence-electron chi connectivity index (χ0n) is 17.9. The average molecular weight is 422 g/mol. The molecule has 1 heterocycles. The van der Waals surface area contributed by atoms with Gasteiger partial charge in [0.25, 0.3) is 0 Å². The summed E-state index contributed by atoms with van der Waals surface area (Å²) in [5.74, 6) is 0. The highest BCUT2D eigenvalue weighted by atomic mass is 32.1. The molecule has 1 unspecified atom stereocenters. The Morgan fingerprint density at radius 1 is 1.20 bits per heavy atom. The highest BCUT2D eigenvalue weighted by molar-refractivity contribution is 7.14. The fourth-order valence-electron chi connectivity index (χ4n) is 3.16. The molecule has 0 bridgehead atoms. The van der Waals surface area contributed by atoms with E-state index >= 15 is 0 Å². The van der Waals surface area contributed by atoms with Crippen LogP contribution in [0.25, 0.3) is 10.6 Å². The van der Waals surface area contributed by atoms with Gasteiger partial charge in [0.1, 0.15) is 10.0 Å². The van der Waals surface area contributed by atoms with Crippen molar-refractivity contribution in [2.75, 3.05) is 12.4 Å². The second kappa shape index (κ2) is 8.85. The molecule has 30 heavy (non-hydrogen) atoms. The number of hydrogen-bond donors (Lipinski definition) is 3. The van der Waals surface area contributed by atoms with Gasteiger partial charge in [-0.3, -0.25) is 4.99 Å². The zero-order chi connectivity index (χ0) is 21.9. The highest BCUT2D eigenvalue weighted by Gasteiger charge is 2.19. The van der Waals surface area contributed by atoms with Gasteiger partial charge in [-0.15, -0.1) is 10.2 Å². The molecule has 6 nitrogen and oxygen atoms in total. The largest absolute Gasteiger partial charge is 0.386 e. The second-order valence-corrected chi connectivity index (χ2v) is 8.88. The first-order valence-electron chi connectivity index (χ1n) is 9.70. The van der Waals surface area contributed by atoms with Crippen molar-refractivity contribution >= 4 is 29.0 Å².